The van der Waals surface area contributed by atoms with Crippen LogP contribution in [0.2, 0.25) is 0 Å². The molecule has 0 aliphatic carbocycles. The number of rotatable bonds is 7. The summed E-state index contributed by atoms with van der Waals surface area (Å²) in [7, 11) is 0. The molecule has 0 amide bonds. The normalized spacial score (nSPS) is 12.6. The summed E-state index contributed by atoms with van der Waals surface area (Å²) in [5.74, 6) is 1.38. The van der Waals surface area contributed by atoms with Gasteiger partial charge in [0.2, 0.25) is 0 Å². The lowest BCUT2D eigenvalue weighted by Gasteiger charge is -2.11. The molecule has 0 aliphatic heterocycles. The number of aliphatic hydroxyl groups is 1. The first kappa shape index (κ1) is 15.9. The summed E-state index contributed by atoms with van der Waals surface area (Å²) in [6.07, 6.45) is 0.598. The quantitative estimate of drug-likeness (QED) is 0.760. The van der Waals surface area contributed by atoms with Crippen LogP contribution in [0, 0.1) is 11.7 Å². The van der Waals surface area contributed by atoms with Gasteiger partial charge in [-0.25, -0.2) is 4.39 Å². The van der Waals surface area contributed by atoms with Gasteiger partial charge in [-0.1, -0.05) is 18.7 Å². The molecule has 0 radical (unpaired) electrons. The van der Waals surface area contributed by atoms with Gasteiger partial charge in [-0.15, -0.1) is 10.2 Å². The van der Waals surface area contributed by atoms with E-state index in [4.69, 9.17) is 10.8 Å². The zero-order valence-corrected chi connectivity index (χ0v) is 12.7. The number of aromatic nitrogens is 3. The Hall–Kier alpha value is -1.44. The summed E-state index contributed by atoms with van der Waals surface area (Å²) in [6, 6.07) is 6.20. The van der Waals surface area contributed by atoms with E-state index in [9.17, 15) is 4.39 Å². The van der Waals surface area contributed by atoms with Crippen LogP contribution in [0.3, 0.4) is 0 Å². The number of thioether (sulfide) groups is 1. The predicted molar refractivity (Wildman–Crippen MR) is 81.0 cm³/mol. The second-order valence-corrected chi connectivity index (χ2v) is 5.84. The van der Waals surface area contributed by atoms with Crippen LogP contribution in [0.1, 0.15) is 12.7 Å². The maximum absolute atomic E-state index is 13.1. The molecular formula is C14H19FN4OS. The standard InChI is InChI=1S/C14H19FN4OS/c1-10(8-20)9-21-14-18-17-13(6-7-16)19(14)12-4-2-11(15)3-5-12/h2-5,10,20H,6-9,16H2,1H3. The van der Waals surface area contributed by atoms with E-state index in [0.29, 0.717) is 13.0 Å². The lowest BCUT2D eigenvalue weighted by atomic mass is 10.2. The van der Waals surface area contributed by atoms with Crippen LogP contribution < -0.4 is 5.73 Å². The molecule has 2 aromatic rings. The number of aliphatic hydroxyl groups excluding tert-OH is 1. The highest BCUT2D eigenvalue weighted by Crippen LogP contribution is 2.24. The molecule has 1 aromatic heterocycles. The maximum atomic E-state index is 13.1. The Bertz CT molecular complexity index is 573. The van der Waals surface area contributed by atoms with Gasteiger partial charge >= 0.3 is 0 Å². The van der Waals surface area contributed by atoms with E-state index >= 15 is 0 Å². The summed E-state index contributed by atoms with van der Waals surface area (Å²) in [5.41, 5.74) is 6.41. The van der Waals surface area contributed by atoms with Gasteiger partial charge < -0.3 is 10.8 Å². The molecular weight excluding hydrogens is 291 g/mol. The molecule has 0 spiro atoms. The number of halogens is 1. The second-order valence-electron chi connectivity index (χ2n) is 4.85. The smallest absolute Gasteiger partial charge is 0.195 e. The highest BCUT2D eigenvalue weighted by Gasteiger charge is 2.15. The second kappa shape index (κ2) is 7.53. The van der Waals surface area contributed by atoms with Crippen LogP contribution in [-0.4, -0.2) is 38.8 Å². The molecule has 0 saturated carbocycles. The Kier molecular flexibility index (Phi) is 5.72. The third kappa shape index (κ3) is 4.03. The van der Waals surface area contributed by atoms with E-state index in [2.05, 4.69) is 10.2 Å². The third-order valence-electron chi connectivity index (χ3n) is 2.96. The van der Waals surface area contributed by atoms with Gasteiger partial charge in [0.1, 0.15) is 11.6 Å². The molecule has 0 fully saturated rings. The number of benzene rings is 1. The number of hydrogen-bond donors (Lipinski definition) is 2. The van der Waals surface area contributed by atoms with E-state index in [1.54, 1.807) is 12.1 Å². The Morgan fingerprint density at radius 1 is 1.33 bits per heavy atom. The fourth-order valence-electron chi connectivity index (χ4n) is 1.80. The highest BCUT2D eigenvalue weighted by atomic mass is 32.2. The predicted octanol–water partition coefficient (Wildman–Crippen LogP) is 1.63. The van der Waals surface area contributed by atoms with Crippen molar-refractivity contribution < 1.29 is 9.50 Å². The van der Waals surface area contributed by atoms with Crippen LogP contribution in [0.4, 0.5) is 4.39 Å². The van der Waals surface area contributed by atoms with Crippen molar-refractivity contribution in [2.45, 2.75) is 18.5 Å². The van der Waals surface area contributed by atoms with Crippen molar-refractivity contribution in [2.75, 3.05) is 18.9 Å². The van der Waals surface area contributed by atoms with Gasteiger partial charge in [-0.05, 0) is 36.7 Å². The lowest BCUT2D eigenvalue weighted by Crippen LogP contribution is -2.10. The number of nitrogens with zero attached hydrogens (tertiary/aromatic N) is 3. The largest absolute Gasteiger partial charge is 0.396 e. The Balaban J connectivity index is 2.30. The molecule has 1 unspecified atom stereocenters. The van der Waals surface area contributed by atoms with Crippen molar-refractivity contribution in [3.8, 4) is 5.69 Å². The summed E-state index contributed by atoms with van der Waals surface area (Å²) in [6.45, 7) is 2.57. The van der Waals surface area contributed by atoms with Crippen molar-refractivity contribution in [3.63, 3.8) is 0 Å². The minimum atomic E-state index is -0.282. The molecule has 0 bridgehead atoms. The molecule has 0 aliphatic rings. The Morgan fingerprint density at radius 3 is 2.67 bits per heavy atom. The zero-order chi connectivity index (χ0) is 15.2. The van der Waals surface area contributed by atoms with E-state index in [1.807, 2.05) is 11.5 Å². The molecule has 7 heteroatoms. The zero-order valence-electron chi connectivity index (χ0n) is 11.9. The molecule has 0 saturated heterocycles. The van der Waals surface area contributed by atoms with Crippen LogP contribution in [0.5, 0.6) is 0 Å². The van der Waals surface area contributed by atoms with Gasteiger partial charge in [-0.3, -0.25) is 4.57 Å². The Labute approximate surface area is 127 Å². The summed E-state index contributed by atoms with van der Waals surface area (Å²) in [5, 5.41) is 18.2. The van der Waals surface area contributed by atoms with Gasteiger partial charge in [0.25, 0.3) is 0 Å². The average molecular weight is 310 g/mol. The first-order valence-electron chi connectivity index (χ1n) is 6.79. The van der Waals surface area contributed by atoms with Crippen molar-refractivity contribution in [1.29, 1.82) is 0 Å². The summed E-state index contributed by atoms with van der Waals surface area (Å²) >= 11 is 1.52. The van der Waals surface area contributed by atoms with Gasteiger partial charge in [-0.2, -0.15) is 0 Å². The minimum absolute atomic E-state index is 0.132. The van der Waals surface area contributed by atoms with E-state index in [0.717, 1.165) is 22.4 Å². The monoisotopic (exact) mass is 310 g/mol. The Morgan fingerprint density at radius 2 is 2.05 bits per heavy atom. The van der Waals surface area contributed by atoms with Crippen molar-refractivity contribution >= 4 is 11.8 Å². The molecule has 114 valence electrons. The first-order chi connectivity index (χ1) is 10.2. The fraction of sp³-hybridized carbons (Fsp3) is 0.429. The molecule has 2 rings (SSSR count). The van der Waals surface area contributed by atoms with E-state index in [1.165, 1.54) is 23.9 Å². The summed E-state index contributed by atoms with van der Waals surface area (Å²) < 4.78 is 15.0. The van der Waals surface area contributed by atoms with Crippen molar-refractivity contribution in [2.24, 2.45) is 11.7 Å². The SMILES string of the molecule is CC(CO)CSc1nnc(CCN)n1-c1ccc(F)cc1. The highest BCUT2D eigenvalue weighted by molar-refractivity contribution is 7.99. The molecule has 3 N–H and O–H groups in total. The van der Waals surface area contributed by atoms with Gasteiger partial charge in [0.15, 0.2) is 5.16 Å². The van der Waals surface area contributed by atoms with E-state index < -0.39 is 0 Å². The molecule has 1 atom stereocenters. The van der Waals surface area contributed by atoms with Crippen molar-refractivity contribution in [3.05, 3.63) is 35.9 Å². The molecule has 1 aromatic carbocycles. The number of nitrogens with two attached hydrogens (primary N) is 1. The molecule has 1 heterocycles. The van der Waals surface area contributed by atoms with Crippen molar-refractivity contribution in [1.82, 2.24) is 14.8 Å². The van der Waals surface area contributed by atoms with Crippen LogP contribution >= 0.6 is 11.8 Å². The molecule has 5 nitrogen and oxygen atoms in total. The van der Waals surface area contributed by atoms with Crippen LogP contribution in [0.15, 0.2) is 29.4 Å². The van der Waals surface area contributed by atoms with Gasteiger partial charge in [0.05, 0.1) is 0 Å². The first-order valence-corrected chi connectivity index (χ1v) is 7.78. The van der Waals surface area contributed by atoms with Crippen LogP contribution in [-0.2, 0) is 6.42 Å². The van der Waals surface area contributed by atoms with Gasteiger partial charge in [0, 0.05) is 24.5 Å². The average Bonchev–Trinajstić information content (AvgIpc) is 2.89. The number of hydrogen-bond acceptors (Lipinski definition) is 5. The minimum Gasteiger partial charge on any atom is -0.396 e. The fourth-order valence-corrected chi connectivity index (χ4v) is 2.78. The molecule has 21 heavy (non-hydrogen) atoms. The maximum Gasteiger partial charge on any atom is 0.195 e. The topological polar surface area (TPSA) is 77.0 Å². The third-order valence-corrected chi connectivity index (χ3v) is 4.22. The lowest BCUT2D eigenvalue weighted by molar-refractivity contribution is 0.250. The van der Waals surface area contributed by atoms with E-state index in [-0.39, 0.29) is 18.3 Å². The van der Waals surface area contributed by atoms with Crippen LogP contribution in [0.25, 0.3) is 5.69 Å². The summed E-state index contributed by atoms with van der Waals surface area (Å²) in [4.78, 5) is 0.